The van der Waals surface area contributed by atoms with Gasteiger partial charge in [-0.05, 0) is 45.6 Å². The molecule has 2 N–H and O–H groups in total. The number of rotatable bonds is 3. The third-order valence-electron chi connectivity index (χ3n) is 4.96. The molecule has 1 saturated carbocycles. The summed E-state index contributed by atoms with van der Waals surface area (Å²) in [5.74, 6) is 0.806. The fourth-order valence-electron chi connectivity index (χ4n) is 3.53. The summed E-state index contributed by atoms with van der Waals surface area (Å²) in [6, 6.07) is 0.704. The van der Waals surface area contributed by atoms with Crippen molar-refractivity contribution >= 4 is 0 Å². The van der Waals surface area contributed by atoms with E-state index in [2.05, 4.69) is 17.3 Å². The van der Waals surface area contributed by atoms with E-state index in [-0.39, 0.29) is 0 Å². The fraction of sp³-hybridized carbons (Fsp3) is 1.00. The first-order chi connectivity index (χ1) is 8.61. The van der Waals surface area contributed by atoms with Crippen LogP contribution in [0, 0.1) is 5.92 Å². The highest BCUT2D eigenvalue weighted by molar-refractivity contribution is 4.86. The Bertz CT molecular complexity index is 245. The zero-order chi connectivity index (χ0) is 13.0. The molecule has 2 unspecified atom stereocenters. The zero-order valence-corrected chi connectivity index (χ0v) is 12.1. The highest BCUT2D eigenvalue weighted by atomic mass is 16.3. The molecule has 106 valence electrons. The first-order valence-electron chi connectivity index (χ1n) is 7.73. The Morgan fingerprint density at radius 1 is 1.17 bits per heavy atom. The van der Waals surface area contributed by atoms with Gasteiger partial charge in [-0.25, -0.2) is 0 Å². The van der Waals surface area contributed by atoms with Crippen LogP contribution in [0.2, 0.25) is 0 Å². The minimum atomic E-state index is -0.414. The number of likely N-dealkylation sites (tertiary alicyclic amines) is 1. The van der Waals surface area contributed by atoms with E-state index in [0.717, 1.165) is 31.8 Å². The van der Waals surface area contributed by atoms with Crippen molar-refractivity contribution in [2.45, 2.75) is 63.5 Å². The predicted octanol–water partition coefficient (Wildman–Crippen LogP) is 2.00. The van der Waals surface area contributed by atoms with E-state index in [1.165, 1.54) is 38.6 Å². The number of aliphatic hydroxyl groups is 1. The molecule has 2 fully saturated rings. The smallest absolute Gasteiger partial charge is 0.0644 e. The number of hydrogen-bond acceptors (Lipinski definition) is 3. The molecule has 3 nitrogen and oxygen atoms in total. The summed E-state index contributed by atoms with van der Waals surface area (Å²) in [5.41, 5.74) is -0.414. The maximum Gasteiger partial charge on any atom is 0.0644 e. The van der Waals surface area contributed by atoms with Gasteiger partial charge in [0, 0.05) is 25.7 Å². The quantitative estimate of drug-likeness (QED) is 0.756. The second kappa shape index (κ2) is 6.36. The maximum atomic E-state index is 10.0. The Hall–Kier alpha value is -0.120. The van der Waals surface area contributed by atoms with E-state index in [1.807, 2.05) is 6.92 Å². The number of nitrogens with one attached hydrogen (secondary N) is 1. The molecule has 1 heterocycles. The molecule has 1 saturated heterocycles. The molecule has 0 radical (unpaired) electrons. The van der Waals surface area contributed by atoms with Crippen LogP contribution < -0.4 is 5.32 Å². The van der Waals surface area contributed by atoms with Crippen LogP contribution >= 0.6 is 0 Å². The van der Waals surface area contributed by atoms with Crippen LogP contribution in [0.3, 0.4) is 0 Å². The third-order valence-corrected chi connectivity index (χ3v) is 4.96. The molecule has 0 aromatic rings. The predicted molar refractivity (Wildman–Crippen MR) is 75.7 cm³/mol. The lowest BCUT2D eigenvalue weighted by Gasteiger charge is -2.38. The van der Waals surface area contributed by atoms with E-state index in [0.29, 0.717) is 6.04 Å². The lowest BCUT2D eigenvalue weighted by atomic mass is 9.90. The molecule has 0 spiro atoms. The molecule has 3 heteroatoms. The minimum Gasteiger partial charge on any atom is -0.390 e. The maximum absolute atomic E-state index is 10.0. The molecule has 2 aliphatic rings. The average molecular weight is 254 g/mol. The molecule has 2 rings (SSSR count). The molecule has 1 aliphatic heterocycles. The molecule has 2 atom stereocenters. The normalized spacial score (nSPS) is 34.2. The highest BCUT2D eigenvalue weighted by Crippen LogP contribution is 2.27. The highest BCUT2D eigenvalue weighted by Gasteiger charge is 2.30. The van der Waals surface area contributed by atoms with Crippen LogP contribution in [0.4, 0.5) is 0 Å². The minimum absolute atomic E-state index is 0.414. The van der Waals surface area contributed by atoms with E-state index in [9.17, 15) is 5.11 Å². The van der Waals surface area contributed by atoms with Gasteiger partial charge in [0.2, 0.25) is 0 Å². The largest absolute Gasteiger partial charge is 0.390 e. The fourth-order valence-corrected chi connectivity index (χ4v) is 3.53. The lowest BCUT2D eigenvalue weighted by Crippen LogP contribution is -2.47. The monoisotopic (exact) mass is 254 g/mol. The Morgan fingerprint density at radius 2 is 1.83 bits per heavy atom. The third kappa shape index (κ3) is 3.94. The van der Waals surface area contributed by atoms with Gasteiger partial charge in [0.1, 0.15) is 0 Å². The van der Waals surface area contributed by atoms with E-state index in [1.54, 1.807) is 0 Å². The van der Waals surface area contributed by atoms with Crippen LogP contribution in [0.1, 0.15) is 51.9 Å². The number of hydrogen-bond donors (Lipinski definition) is 2. The topological polar surface area (TPSA) is 35.5 Å². The summed E-state index contributed by atoms with van der Waals surface area (Å²) in [5, 5.41) is 13.5. The van der Waals surface area contributed by atoms with Crippen molar-refractivity contribution in [1.29, 1.82) is 0 Å². The standard InChI is InChI=1S/C15H30N2O/c1-15(18)8-10-17(11-9-15)12-13-6-4-3-5-7-14(13)16-2/h13-14,16,18H,3-12H2,1-2H3. The van der Waals surface area contributed by atoms with Crippen LogP contribution in [0.5, 0.6) is 0 Å². The van der Waals surface area contributed by atoms with Gasteiger partial charge in [-0.2, -0.15) is 0 Å². The van der Waals surface area contributed by atoms with Crippen molar-refractivity contribution in [3.05, 3.63) is 0 Å². The van der Waals surface area contributed by atoms with E-state index >= 15 is 0 Å². The molecular formula is C15H30N2O. The van der Waals surface area contributed by atoms with Crippen LogP contribution in [-0.2, 0) is 0 Å². The van der Waals surface area contributed by atoms with Gasteiger partial charge in [0.25, 0.3) is 0 Å². The summed E-state index contributed by atoms with van der Waals surface area (Å²) in [6.45, 7) is 5.34. The van der Waals surface area contributed by atoms with Crippen molar-refractivity contribution in [2.24, 2.45) is 5.92 Å². The van der Waals surface area contributed by atoms with Crippen LogP contribution in [-0.4, -0.2) is 48.3 Å². The van der Waals surface area contributed by atoms with Gasteiger partial charge in [-0.1, -0.05) is 19.3 Å². The molecular weight excluding hydrogens is 224 g/mol. The van der Waals surface area contributed by atoms with Gasteiger partial charge < -0.3 is 15.3 Å². The summed E-state index contributed by atoms with van der Waals surface area (Å²) in [7, 11) is 2.12. The van der Waals surface area contributed by atoms with Gasteiger partial charge in [-0.15, -0.1) is 0 Å². The Labute approximate surface area is 112 Å². The second-order valence-electron chi connectivity index (χ2n) is 6.59. The van der Waals surface area contributed by atoms with Crippen LogP contribution in [0.25, 0.3) is 0 Å². The lowest BCUT2D eigenvalue weighted by molar-refractivity contribution is -0.0102. The van der Waals surface area contributed by atoms with Gasteiger partial charge in [0.05, 0.1) is 5.60 Å². The Balaban J connectivity index is 1.83. The first kappa shape index (κ1) is 14.3. The van der Waals surface area contributed by atoms with Gasteiger partial charge in [-0.3, -0.25) is 0 Å². The molecule has 0 amide bonds. The van der Waals surface area contributed by atoms with Crippen LogP contribution in [0.15, 0.2) is 0 Å². The second-order valence-corrected chi connectivity index (χ2v) is 6.59. The Kier molecular flexibility index (Phi) is 5.05. The SMILES string of the molecule is CNC1CCCCCC1CN1CCC(C)(O)CC1. The van der Waals surface area contributed by atoms with Gasteiger partial charge >= 0.3 is 0 Å². The summed E-state index contributed by atoms with van der Waals surface area (Å²) in [6.07, 6.45) is 8.77. The van der Waals surface area contributed by atoms with Crippen molar-refractivity contribution < 1.29 is 5.11 Å². The van der Waals surface area contributed by atoms with Crippen molar-refractivity contribution in [3.8, 4) is 0 Å². The van der Waals surface area contributed by atoms with E-state index < -0.39 is 5.60 Å². The number of piperidine rings is 1. The molecule has 0 bridgehead atoms. The van der Waals surface area contributed by atoms with Crippen molar-refractivity contribution in [3.63, 3.8) is 0 Å². The number of nitrogens with zero attached hydrogens (tertiary/aromatic N) is 1. The summed E-state index contributed by atoms with van der Waals surface area (Å²) >= 11 is 0. The van der Waals surface area contributed by atoms with Gasteiger partial charge in [0.15, 0.2) is 0 Å². The first-order valence-corrected chi connectivity index (χ1v) is 7.73. The zero-order valence-electron chi connectivity index (χ0n) is 12.1. The van der Waals surface area contributed by atoms with Crippen molar-refractivity contribution in [1.82, 2.24) is 10.2 Å². The molecule has 0 aromatic carbocycles. The molecule has 1 aliphatic carbocycles. The Morgan fingerprint density at radius 3 is 2.50 bits per heavy atom. The van der Waals surface area contributed by atoms with Crippen molar-refractivity contribution in [2.75, 3.05) is 26.7 Å². The average Bonchev–Trinajstić information content (AvgIpc) is 2.57. The summed E-state index contributed by atoms with van der Waals surface area (Å²) < 4.78 is 0. The molecule has 18 heavy (non-hydrogen) atoms. The summed E-state index contributed by atoms with van der Waals surface area (Å²) in [4.78, 5) is 2.57. The molecule has 0 aromatic heterocycles. The van der Waals surface area contributed by atoms with E-state index in [4.69, 9.17) is 0 Å².